The van der Waals surface area contributed by atoms with Crippen LogP contribution in [0, 0.1) is 22.9 Å². The summed E-state index contributed by atoms with van der Waals surface area (Å²) in [7, 11) is 0. The molecule has 45 heavy (non-hydrogen) atoms. The van der Waals surface area contributed by atoms with Gasteiger partial charge in [0.1, 0.15) is 30.1 Å². The highest BCUT2D eigenvalue weighted by Gasteiger charge is 2.92. The maximum absolute atomic E-state index is 14.2. The summed E-state index contributed by atoms with van der Waals surface area (Å²) in [6.07, 6.45) is -3.96. The normalized spacial score (nSPS) is 23.1. The van der Waals surface area contributed by atoms with Crippen LogP contribution in [0.1, 0.15) is 63.6 Å². The van der Waals surface area contributed by atoms with E-state index in [9.17, 15) is 41.0 Å². The molecule has 2 aromatic heterocycles. The molecule has 4 N–H and O–H groups in total. The van der Waals surface area contributed by atoms with Crippen molar-refractivity contribution in [2.24, 2.45) is 11.1 Å². The van der Waals surface area contributed by atoms with Gasteiger partial charge in [0.15, 0.2) is 5.69 Å². The molecule has 7 rings (SSSR count). The van der Waals surface area contributed by atoms with Crippen LogP contribution in [0.3, 0.4) is 0 Å². The van der Waals surface area contributed by atoms with E-state index in [0.717, 1.165) is 22.9 Å². The van der Waals surface area contributed by atoms with Gasteiger partial charge in [-0.1, -0.05) is 12.1 Å². The Balaban J connectivity index is 1.25. The third-order valence-corrected chi connectivity index (χ3v) is 9.16. The molecular formula is C31H23F6N5O3. The molecule has 4 aromatic rings. The number of nitrogens with one attached hydrogen (secondary N) is 1. The minimum Gasteiger partial charge on any atom is -0.386 e. The number of alkyl halides is 3. The number of amides is 2. The summed E-state index contributed by atoms with van der Waals surface area (Å²) in [6.45, 7) is -0.694. The fourth-order valence-corrected chi connectivity index (χ4v) is 7.00. The molecule has 0 radical (unpaired) electrons. The van der Waals surface area contributed by atoms with E-state index in [0.29, 0.717) is 24.5 Å². The number of benzene rings is 2. The number of aliphatic hydroxyl groups excluding tert-OH is 1. The summed E-state index contributed by atoms with van der Waals surface area (Å²) >= 11 is 0. The monoisotopic (exact) mass is 627 g/mol. The Morgan fingerprint density at radius 3 is 2.47 bits per heavy atom. The zero-order valence-electron chi connectivity index (χ0n) is 23.1. The minimum absolute atomic E-state index is 0.0393. The van der Waals surface area contributed by atoms with Gasteiger partial charge in [-0.05, 0) is 60.7 Å². The van der Waals surface area contributed by atoms with E-state index in [2.05, 4.69) is 15.4 Å². The molecule has 0 spiro atoms. The summed E-state index contributed by atoms with van der Waals surface area (Å²) in [4.78, 5) is 29.7. The summed E-state index contributed by atoms with van der Waals surface area (Å²) < 4.78 is 85.2. The van der Waals surface area contributed by atoms with Gasteiger partial charge in [-0.2, -0.15) is 18.3 Å². The molecule has 232 valence electrons. The van der Waals surface area contributed by atoms with Crippen molar-refractivity contribution >= 4 is 11.8 Å². The zero-order chi connectivity index (χ0) is 32.1. The first-order valence-electron chi connectivity index (χ1n) is 13.9. The Morgan fingerprint density at radius 2 is 1.80 bits per heavy atom. The predicted octanol–water partition coefficient (Wildman–Crippen LogP) is 4.66. The topological polar surface area (TPSA) is 123 Å². The van der Waals surface area contributed by atoms with Crippen LogP contribution in [0.5, 0.6) is 0 Å². The average molecular weight is 628 g/mol. The number of aliphatic hydroxyl groups is 1. The molecule has 0 aliphatic heterocycles. The lowest BCUT2D eigenvalue weighted by molar-refractivity contribution is -0.142. The number of carbonyl (C=O) groups excluding carboxylic acids is 2. The smallest absolute Gasteiger partial charge is 0.386 e. The van der Waals surface area contributed by atoms with Crippen molar-refractivity contribution in [2.75, 3.05) is 0 Å². The number of fused-ring (bicyclic) bond motifs is 1. The van der Waals surface area contributed by atoms with Crippen molar-refractivity contribution < 1.29 is 41.0 Å². The second-order valence-corrected chi connectivity index (χ2v) is 11.9. The number of primary amides is 1. The molecule has 2 atom stereocenters. The number of nitrogens with two attached hydrogens (primary N) is 1. The van der Waals surface area contributed by atoms with Gasteiger partial charge in [0.2, 0.25) is 5.91 Å². The van der Waals surface area contributed by atoms with Gasteiger partial charge < -0.3 is 16.2 Å². The third kappa shape index (κ3) is 4.49. The van der Waals surface area contributed by atoms with E-state index in [4.69, 9.17) is 5.73 Å². The van der Waals surface area contributed by atoms with Crippen LogP contribution in [-0.2, 0) is 29.4 Å². The maximum atomic E-state index is 14.2. The van der Waals surface area contributed by atoms with Crippen molar-refractivity contribution in [1.29, 1.82) is 0 Å². The van der Waals surface area contributed by atoms with E-state index >= 15 is 0 Å². The van der Waals surface area contributed by atoms with E-state index in [1.165, 1.54) is 24.4 Å². The molecule has 2 aromatic carbocycles. The number of aromatic nitrogens is 3. The van der Waals surface area contributed by atoms with Crippen LogP contribution in [0.2, 0.25) is 0 Å². The lowest BCUT2D eigenvalue weighted by atomic mass is 9.94. The summed E-state index contributed by atoms with van der Waals surface area (Å²) in [6, 6.07) is 8.33. The highest BCUT2D eigenvalue weighted by Crippen LogP contribution is 2.94. The zero-order valence-corrected chi connectivity index (χ0v) is 23.1. The van der Waals surface area contributed by atoms with Crippen LogP contribution in [0.15, 0.2) is 54.7 Å². The molecule has 0 saturated heterocycles. The fourth-order valence-electron chi connectivity index (χ4n) is 7.00. The largest absolute Gasteiger partial charge is 0.435 e. The quantitative estimate of drug-likeness (QED) is 0.246. The Morgan fingerprint density at radius 1 is 1.09 bits per heavy atom. The van der Waals surface area contributed by atoms with Crippen molar-refractivity contribution in [3.63, 3.8) is 0 Å². The number of pyridine rings is 1. The van der Waals surface area contributed by atoms with Gasteiger partial charge in [0, 0.05) is 34.2 Å². The second-order valence-electron chi connectivity index (χ2n) is 11.9. The summed E-state index contributed by atoms with van der Waals surface area (Å²) in [5.41, 5.74) is 3.17. The first-order chi connectivity index (χ1) is 21.2. The first kappa shape index (κ1) is 29.0. The average Bonchev–Trinajstić information content (AvgIpc) is 3.70. The molecular weight excluding hydrogens is 604 g/mol. The number of carbonyl (C=O) groups is 2. The number of rotatable bonds is 8. The Bertz CT molecular complexity index is 1900. The molecule has 3 aliphatic carbocycles. The van der Waals surface area contributed by atoms with E-state index in [-0.39, 0.29) is 34.5 Å². The molecule has 8 nitrogen and oxygen atoms in total. The van der Waals surface area contributed by atoms with Gasteiger partial charge >= 0.3 is 6.18 Å². The van der Waals surface area contributed by atoms with E-state index in [1.807, 2.05) is 0 Å². The molecule has 2 amide bonds. The van der Waals surface area contributed by atoms with Gasteiger partial charge in [-0.25, -0.2) is 13.2 Å². The van der Waals surface area contributed by atoms with Gasteiger partial charge in [-0.15, -0.1) is 0 Å². The van der Waals surface area contributed by atoms with Crippen molar-refractivity contribution in [3.05, 3.63) is 106 Å². The highest BCUT2D eigenvalue weighted by atomic mass is 19.4. The number of hydrogen-bond donors (Lipinski definition) is 3. The predicted molar refractivity (Wildman–Crippen MR) is 145 cm³/mol. The third-order valence-electron chi connectivity index (χ3n) is 9.16. The van der Waals surface area contributed by atoms with Crippen molar-refractivity contribution in [2.45, 2.75) is 49.5 Å². The van der Waals surface area contributed by atoms with Crippen molar-refractivity contribution in [1.82, 2.24) is 20.1 Å². The molecule has 14 heteroatoms. The van der Waals surface area contributed by atoms with Gasteiger partial charge in [0.05, 0.1) is 23.0 Å². The summed E-state index contributed by atoms with van der Waals surface area (Å²) in [5, 5.41) is 17.3. The lowest BCUT2D eigenvalue weighted by Gasteiger charge is -2.23. The van der Waals surface area contributed by atoms with Crippen molar-refractivity contribution in [3.8, 4) is 11.1 Å². The van der Waals surface area contributed by atoms with Crippen LogP contribution in [0.4, 0.5) is 26.3 Å². The van der Waals surface area contributed by atoms with Crippen LogP contribution < -0.4 is 11.1 Å². The van der Waals surface area contributed by atoms with Gasteiger partial charge in [-0.3, -0.25) is 19.3 Å². The summed E-state index contributed by atoms with van der Waals surface area (Å²) in [5.74, 6) is -4.46. The molecule has 3 aliphatic rings. The maximum Gasteiger partial charge on any atom is 0.435 e. The lowest BCUT2D eigenvalue weighted by Crippen LogP contribution is -2.34. The molecule has 0 bridgehead atoms. The minimum atomic E-state index is -4.80. The Labute approximate surface area is 250 Å². The first-order valence-corrected chi connectivity index (χ1v) is 13.9. The SMILES string of the molecule is NC(=O)c1cc(-c2cccnc2[C@H](Cc2cc(F)cc(F)c2)NC(=O)Cn2nc(C(F)(F)F)c3c2[C@H](O)C24CC32C4)ccc1F. The molecule has 0 unspecified atom stereocenters. The molecule has 2 heterocycles. The van der Waals surface area contributed by atoms with Gasteiger partial charge in [0.25, 0.3) is 5.91 Å². The number of nitrogens with zero attached hydrogens (tertiary/aromatic N) is 3. The second kappa shape index (κ2) is 9.64. The van der Waals surface area contributed by atoms with Crippen LogP contribution in [0.25, 0.3) is 11.1 Å². The molecule has 2 saturated carbocycles. The van der Waals surface area contributed by atoms with E-state index in [1.54, 1.807) is 6.07 Å². The van der Waals surface area contributed by atoms with Crippen LogP contribution >= 0.6 is 0 Å². The Kier molecular flexibility index (Phi) is 6.21. The molecule has 2 fully saturated rings. The fraction of sp³-hybridized carbons (Fsp3) is 0.290. The van der Waals surface area contributed by atoms with E-state index < -0.39 is 76.2 Å². The highest BCUT2D eigenvalue weighted by molar-refractivity contribution is 5.94. The van der Waals surface area contributed by atoms with Crippen LogP contribution in [-0.4, -0.2) is 31.7 Å². The Hall–Kier alpha value is -4.72. The number of hydrogen-bond acceptors (Lipinski definition) is 5. The standard InChI is InChI=1S/C31H23F6N5O3/c32-16-6-14(7-17(33)10-16)8-21(24-18(2-1-5-39-24)15-3-4-20(34)19(9-15)28(38)45)40-22(43)11-42-25-23(26(41-42)31(35,36)37)29-12-30(29,13-29)27(25)44/h1-7,9-10,21,27,44H,8,11-13H2,(H2,38,45)(H,40,43)/t21-,27-,29?,30?/m0/s1. The number of halogens is 6.